The van der Waals surface area contributed by atoms with E-state index in [9.17, 15) is 0 Å². The Balaban J connectivity index is 1.74. The molecule has 0 unspecified atom stereocenters. The van der Waals surface area contributed by atoms with Crippen LogP contribution in [0.2, 0.25) is 0 Å². The van der Waals surface area contributed by atoms with Gasteiger partial charge in [0.1, 0.15) is 5.75 Å². The van der Waals surface area contributed by atoms with E-state index in [2.05, 4.69) is 25.6 Å². The van der Waals surface area contributed by atoms with Crippen LogP contribution >= 0.6 is 0 Å². The van der Waals surface area contributed by atoms with E-state index in [-0.39, 0.29) is 11.7 Å². The third-order valence-corrected chi connectivity index (χ3v) is 3.83. The van der Waals surface area contributed by atoms with Crippen molar-refractivity contribution in [3.8, 4) is 5.75 Å². The molecule has 1 aromatic rings. The van der Waals surface area contributed by atoms with Crippen molar-refractivity contribution in [2.24, 2.45) is 26.8 Å². The number of nitrogens with zero attached hydrogens (tertiary/aromatic N) is 4. The Kier molecular flexibility index (Phi) is 4.92. The second-order valence-electron chi connectivity index (χ2n) is 5.46. The van der Waals surface area contributed by atoms with Crippen molar-refractivity contribution in [1.29, 1.82) is 0 Å². The lowest BCUT2D eigenvalue weighted by molar-refractivity contribution is 0.0339. The minimum Gasteiger partial charge on any atom is -0.496 e. The second kappa shape index (κ2) is 7.28. The molecule has 0 bridgehead atoms. The van der Waals surface area contributed by atoms with Gasteiger partial charge in [0.05, 0.1) is 26.0 Å². The predicted molar refractivity (Wildman–Crippen MR) is 93.4 cm³/mol. The number of ether oxygens (including phenoxy) is 2. The van der Waals surface area contributed by atoms with Crippen LogP contribution in [0.15, 0.2) is 33.5 Å². The minimum absolute atomic E-state index is 0.196. The summed E-state index contributed by atoms with van der Waals surface area (Å²) in [7, 11) is 1.67. The number of morpholine rings is 1. The Hall–Kier alpha value is -2.65. The van der Waals surface area contributed by atoms with Gasteiger partial charge in [-0.3, -0.25) is 10.3 Å². The summed E-state index contributed by atoms with van der Waals surface area (Å²) < 4.78 is 10.8. The quantitative estimate of drug-likeness (QED) is 0.650. The molecule has 2 aliphatic rings. The highest BCUT2D eigenvalue weighted by Gasteiger charge is 2.17. The van der Waals surface area contributed by atoms with E-state index in [1.165, 1.54) is 0 Å². The van der Waals surface area contributed by atoms with Crippen LogP contribution in [0.3, 0.4) is 0 Å². The Labute approximate surface area is 140 Å². The van der Waals surface area contributed by atoms with Crippen molar-refractivity contribution in [3.63, 3.8) is 0 Å². The van der Waals surface area contributed by atoms with E-state index in [0.29, 0.717) is 5.71 Å². The van der Waals surface area contributed by atoms with E-state index in [1.54, 1.807) is 7.11 Å². The predicted octanol–water partition coefficient (Wildman–Crippen LogP) is -0.0617. The first-order chi connectivity index (χ1) is 11.7. The summed E-state index contributed by atoms with van der Waals surface area (Å²) in [5.74, 6) is 1.23. The van der Waals surface area contributed by atoms with Crippen molar-refractivity contribution >= 4 is 23.1 Å². The summed E-state index contributed by atoms with van der Waals surface area (Å²) >= 11 is 0. The fourth-order valence-corrected chi connectivity index (χ4v) is 2.54. The molecular weight excluding hydrogens is 310 g/mol. The van der Waals surface area contributed by atoms with Crippen LogP contribution in [0.4, 0.5) is 5.69 Å². The zero-order valence-electron chi connectivity index (χ0n) is 13.5. The Morgan fingerprint density at radius 3 is 2.62 bits per heavy atom. The smallest absolute Gasteiger partial charge is 0.177 e. The Morgan fingerprint density at radius 1 is 1.25 bits per heavy atom. The number of rotatable bonds is 5. The summed E-state index contributed by atoms with van der Waals surface area (Å²) in [6, 6.07) is 5.77. The number of anilines is 1. The first-order valence-corrected chi connectivity index (χ1v) is 7.65. The van der Waals surface area contributed by atoms with Crippen LogP contribution in [0.5, 0.6) is 5.75 Å². The maximum atomic E-state index is 5.68. The molecule has 2 heterocycles. The first kappa shape index (κ1) is 16.2. The standard InChI is InChI=1S/C15H21N7O2/c1-23-12-3-2-11(18-19-13-14(16)20-21-15(13)17)8-10(12)9-22-4-6-24-7-5-22/h2-3,8,18H,4-7,9H2,1H3,(H4,16,17,19,20,21). The number of benzene rings is 1. The van der Waals surface area contributed by atoms with E-state index in [1.807, 2.05) is 18.2 Å². The van der Waals surface area contributed by atoms with Gasteiger partial charge < -0.3 is 20.9 Å². The molecule has 3 rings (SSSR count). The highest BCUT2D eigenvalue weighted by Crippen LogP contribution is 2.24. The van der Waals surface area contributed by atoms with Crippen LogP contribution in [-0.2, 0) is 11.3 Å². The molecule has 9 heteroatoms. The molecule has 0 amide bonds. The Bertz CT molecular complexity index is 673. The molecule has 1 fully saturated rings. The molecule has 128 valence electrons. The van der Waals surface area contributed by atoms with Gasteiger partial charge in [-0.1, -0.05) is 0 Å². The first-order valence-electron chi connectivity index (χ1n) is 7.65. The van der Waals surface area contributed by atoms with Gasteiger partial charge in [-0.15, -0.1) is 10.2 Å². The molecule has 9 nitrogen and oxygen atoms in total. The van der Waals surface area contributed by atoms with Gasteiger partial charge in [0.25, 0.3) is 0 Å². The van der Waals surface area contributed by atoms with E-state index in [0.717, 1.165) is 49.8 Å². The minimum atomic E-state index is 0.196. The van der Waals surface area contributed by atoms with E-state index >= 15 is 0 Å². The number of hydrazone groups is 1. The topological polar surface area (TPSA) is 123 Å². The van der Waals surface area contributed by atoms with Gasteiger partial charge in [0, 0.05) is 25.2 Å². The maximum Gasteiger partial charge on any atom is 0.177 e. The number of methoxy groups -OCH3 is 1. The number of nitrogens with one attached hydrogen (secondary N) is 1. The zero-order chi connectivity index (χ0) is 16.9. The van der Waals surface area contributed by atoms with Crippen molar-refractivity contribution in [2.45, 2.75) is 6.54 Å². The average Bonchev–Trinajstić information content (AvgIpc) is 2.92. The van der Waals surface area contributed by atoms with Crippen LogP contribution in [0.1, 0.15) is 5.56 Å². The van der Waals surface area contributed by atoms with Crippen LogP contribution in [0.25, 0.3) is 0 Å². The summed E-state index contributed by atoms with van der Waals surface area (Å²) in [5, 5.41) is 11.5. The maximum absolute atomic E-state index is 5.68. The Morgan fingerprint density at radius 2 is 1.96 bits per heavy atom. The van der Waals surface area contributed by atoms with Gasteiger partial charge in [-0.25, -0.2) is 0 Å². The molecule has 5 N–H and O–H groups in total. The summed E-state index contributed by atoms with van der Waals surface area (Å²) in [6.07, 6.45) is 0. The van der Waals surface area contributed by atoms with Gasteiger partial charge in [0.15, 0.2) is 17.4 Å². The zero-order valence-corrected chi connectivity index (χ0v) is 13.5. The molecule has 0 radical (unpaired) electrons. The lowest BCUT2D eigenvalue weighted by atomic mass is 10.1. The lowest BCUT2D eigenvalue weighted by Crippen LogP contribution is -2.35. The molecule has 0 spiro atoms. The molecule has 0 aromatic heterocycles. The number of hydrogen-bond acceptors (Lipinski definition) is 9. The summed E-state index contributed by atoms with van der Waals surface area (Å²) in [6.45, 7) is 4.11. The SMILES string of the molecule is COc1ccc(NN=C2C(N)=NN=C2N)cc1CN1CCOCC1. The fourth-order valence-electron chi connectivity index (χ4n) is 2.54. The average molecular weight is 331 g/mol. The molecule has 0 saturated carbocycles. The normalized spacial score (nSPS) is 18.1. The fraction of sp³-hybridized carbons (Fsp3) is 0.400. The third-order valence-electron chi connectivity index (χ3n) is 3.83. The van der Waals surface area contributed by atoms with Crippen LogP contribution < -0.4 is 21.6 Å². The van der Waals surface area contributed by atoms with Crippen molar-refractivity contribution in [1.82, 2.24) is 4.90 Å². The monoisotopic (exact) mass is 331 g/mol. The highest BCUT2D eigenvalue weighted by atomic mass is 16.5. The third kappa shape index (κ3) is 3.63. The van der Waals surface area contributed by atoms with E-state index in [4.69, 9.17) is 20.9 Å². The highest BCUT2D eigenvalue weighted by molar-refractivity contribution is 6.68. The second-order valence-corrected chi connectivity index (χ2v) is 5.46. The van der Waals surface area contributed by atoms with Crippen molar-refractivity contribution in [2.75, 3.05) is 38.8 Å². The van der Waals surface area contributed by atoms with Crippen molar-refractivity contribution in [3.05, 3.63) is 23.8 Å². The number of amidine groups is 2. The van der Waals surface area contributed by atoms with Gasteiger partial charge in [0.2, 0.25) is 0 Å². The molecule has 1 aromatic carbocycles. The van der Waals surface area contributed by atoms with Crippen LogP contribution in [-0.4, -0.2) is 55.7 Å². The molecule has 0 atom stereocenters. The largest absolute Gasteiger partial charge is 0.496 e. The molecule has 24 heavy (non-hydrogen) atoms. The van der Waals surface area contributed by atoms with Crippen molar-refractivity contribution < 1.29 is 9.47 Å². The van der Waals surface area contributed by atoms with Crippen LogP contribution in [0, 0.1) is 0 Å². The lowest BCUT2D eigenvalue weighted by Gasteiger charge is -2.27. The number of nitrogens with two attached hydrogens (primary N) is 2. The molecule has 1 saturated heterocycles. The van der Waals surface area contributed by atoms with Gasteiger partial charge in [-0.05, 0) is 18.2 Å². The van der Waals surface area contributed by atoms with E-state index < -0.39 is 0 Å². The van der Waals surface area contributed by atoms with Gasteiger partial charge in [-0.2, -0.15) is 5.10 Å². The number of hydrogen-bond donors (Lipinski definition) is 3. The molecule has 2 aliphatic heterocycles. The van der Waals surface area contributed by atoms with Gasteiger partial charge >= 0.3 is 0 Å². The molecule has 0 aliphatic carbocycles. The molecular formula is C15H21N7O2. The summed E-state index contributed by atoms with van der Waals surface area (Å²) in [4.78, 5) is 2.32. The summed E-state index contributed by atoms with van der Waals surface area (Å²) in [5.41, 5.74) is 16.5.